The van der Waals surface area contributed by atoms with Gasteiger partial charge in [0.15, 0.2) is 12.1 Å². The Hall–Kier alpha value is -4.83. The Morgan fingerprint density at radius 2 is 1.79 bits per heavy atom. The normalized spacial score (nSPS) is 15.4. The fraction of sp³-hybridized carbons (Fsp3) is 0.250. The highest BCUT2D eigenvalue weighted by molar-refractivity contribution is 7.89. The zero-order valence-electron chi connectivity index (χ0n) is 24.9. The number of hydrogen-bond acceptors (Lipinski definition) is 8. The number of nitrogens with one attached hydrogen (secondary N) is 4. The molecule has 2 atom stereocenters. The third-order valence-electron chi connectivity index (χ3n) is 7.53. The van der Waals surface area contributed by atoms with Crippen molar-refractivity contribution < 1.29 is 31.9 Å². The van der Waals surface area contributed by atoms with Crippen LogP contribution in [0.1, 0.15) is 27.9 Å². The number of aliphatic carboxylic acids is 1. The van der Waals surface area contributed by atoms with Crippen LogP contribution in [-0.2, 0) is 34.3 Å². The van der Waals surface area contributed by atoms with Crippen molar-refractivity contribution in [3.63, 3.8) is 0 Å². The minimum atomic E-state index is -4.27. The number of fused-ring (bicyclic) bond motifs is 1. The summed E-state index contributed by atoms with van der Waals surface area (Å²) < 4.78 is 60.2. The van der Waals surface area contributed by atoms with E-state index in [1.165, 1.54) is 28.8 Å². The van der Waals surface area contributed by atoms with Crippen molar-refractivity contribution in [3.8, 4) is 0 Å². The molecule has 0 saturated carbocycles. The number of pyridine rings is 1. The van der Waals surface area contributed by atoms with E-state index >= 15 is 8.78 Å². The number of carboxylic acids is 1. The summed E-state index contributed by atoms with van der Waals surface area (Å²) in [7, 11) is -4.27. The number of aromatic nitrogens is 1. The highest BCUT2D eigenvalue weighted by atomic mass is 32.2. The Balaban J connectivity index is 1.46. The van der Waals surface area contributed by atoms with Crippen LogP contribution in [0.25, 0.3) is 10.9 Å². The Bertz CT molecular complexity index is 1970. The Labute approximate surface area is 268 Å². The van der Waals surface area contributed by atoms with Gasteiger partial charge in [0.05, 0.1) is 15.8 Å². The van der Waals surface area contributed by atoms with E-state index in [-0.39, 0.29) is 29.1 Å². The second-order valence-corrected chi connectivity index (χ2v) is 12.5. The van der Waals surface area contributed by atoms with E-state index < -0.39 is 68.8 Å². The second-order valence-electron chi connectivity index (χ2n) is 10.7. The summed E-state index contributed by atoms with van der Waals surface area (Å²) in [6.45, 7) is -0.237. The zero-order chi connectivity index (χ0) is 33.6. The molecule has 5 rings (SSSR count). The Kier molecular flexibility index (Phi) is 10.5. The van der Waals surface area contributed by atoms with Crippen LogP contribution in [0.5, 0.6) is 0 Å². The van der Waals surface area contributed by atoms with Gasteiger partial charge in [0.2, 0.25) is 15.5 Å². The first-order chi connectivity index (χ1) is 22.5. The van der Waals surface area contributed by atoms with Gasteiger partial charge in [-0.1, -0.05) is 48.5 Å². The molecule has 0 spiro atoms. The molecule has 15 heteroatoms. The first-order valence-electron chi connectivity index (χ1n) is 14.7. The van der Waals surface area contributed by atoms with Gasteiger partial charge in [-0.2, -0.15) is 4.72 Å². The predicted octanol–water partition coefficient (Wildman–Crippen LogP) is 2.12. The quantitative estimate of drug-likeness (QED) is 0.145. The number of nitrogens with zero attached hydrogens (tertiary/aromatic N) is 2. The molecule has 3 aromatic carbocycles. The summed E-state index contributed by atoms with van der Waals surface area (Å²) in [4.78, 5) is 42.7. The summed E-state index contributed by atoms with van der Waals surface area (Å²) >= 11 is 0. The molecule has 47 heavy (non-hydrogen) atoms. The average Bonchev–Trinajstić information content (AvgIpc) is 3.07. The van der Waals surface area contributed by atoms with Crippen molar-refractivity contribution in [3.05, 3.63) is 111 Å². The van der Waals surface area contributed by atoms with Crippen molar-refractivity contribution in [2.45, 2.75) is 43.2 Å². The van der Waals surface area contributed by atoms with Gasteiger partial charge in [-0.15, -0.1) is 0 Å². The molecule has 4 aromatic rings. The molecule has 0 fully saturated rings. The maximum atomic E-state index is 16.1. The van der Waals surface area contributed by atoms with E-state index in [1.54, 1.807) is 12.3 Å². The lowest BCUT2D eigenvalue weighted by Gasteiger charge is -2.20. The summed E-state index contributed by atoms with van der Waals surface area (Å²) in [5.74, 6) is -4.62. The number of aliphatic imine (C=N–C) groups is 1. The first kappa shape index (κ1) is 33.5. The van der Waals surface area contributed by atoms with E-state index in [0.29, 0.717) is 13.0 Å². The largest absolute Gasteiger partial charge is 0.480 e. The van der Waals surface area contributed by atoms with Gasteiger partial charge in [-0.25, -0.2) is 17.2 Å². The molecular weight excluding hydrogens is 634 g/mol. The molecule has 1 aliphatic rings. The van der Waals surface area contributed by atoms with Gasteiger partial charge in [-0.05, 0) is 36.6 Å². The number of halogens is 2. The third kappa shape index (κ3) is 7.94. The molecule has 1 aromatic heterocycles. The molecule has 0 radical (unpaired) electrons. The van der Waals surface area contributed by atoms with E-state index in [9.17, 15) is 27.9 Å². The van der Waals surface area contributed by atoms with Crippen LogP contribution in [0.4, 0.5) is 8.78 Å². The van der Waals surface area contributed by atoms with Crippen molar-refractivity contribution in [1.29, 1.82) is 0 Å². The molecule has 1 aliphatic heterocycles. The van der Waals surface area contributed by atoms with Gasteiger partial charge in [0.25, 0.3) is 5.91 Å². The first-order valence-corrected chi connectivity index (χ1v) is 16.2. The van der Waals surface area contributed by atoms with Crippen molar-refractivity contribution in [2.24, 2.45) is 4.99 Å². The standard InChI is InChI=1S/C32H32F2N6O6S/c33-25-16-22-28(27(34)23(25)17-38-32-35-13-7-14-36-32)40(15-12-20-8-3-1-4-9-20)19-24(29(22)41)30(42)37-18-26(31(43)44)39-47(45,46)21-10-5-2-6-11-21/h1-6,8-11,13,16,19,26,32,36,38-39H,7,12,14-15,17-18H2,(H,37,42)(H,43,44). The minimum absolute atomic E-state index is 0.0968. The summed E-state index contributed by atoms with van der Waals surface area (Å²) in [5, 5.41) is 17.5. The molecule has 0 aliphatic carbocycles. The van der Waals surface area contributed by atoms with Gasteiger partial charge in [-0.3, -0.25) is 30.0 Å². The lowest BCUT2D eigenvalue weighted by Crippen LogP contribution is -2.48. The smallest absolute Gasteiger partial charge is 0.323 e. The van der Waals surface area contributed by atoms with Crippen molar-refractivity contribution >= 4 is 39.0 Å². The molecule has 1 amide bonds. The zero-order valence-corrected chi connectivity index (χ0v) is 25.8. The highest BCUT2D eigenvalue weighted by Gasteiger charge is 2.28. The van der Waals surface area contributed by atoms with E-state index in [4.69, 9.17) is 0 Å². The van der Waals surface area contributed by atoms with E-state index in [1.807, 2.05) is 35.1 Å². The molecule has 2 heterocycles. The summed E-state index contributed by atoms with van der Waals surface area (Å²) in [6.07, 6.45) is 3.38. The number of hydrogen-bond donors (Lipinski definition) is 5. The number of rotatable bonds is 13. The van der Waals surface area contributed by atoms with Crippen LogP contribution in [0.15, 0.2) is 87.6 Å². The van der Waals surface area contributed by atoms with Crippen LogP contribution in [-0.4, -0.2) is 61.6 Å². The average molecular weight is 667 g/mol. The summed E-state index contributed by atoms with van der Waals surface area (Å²) in [6, 6.07) is 15.3. The Morgan fingerprint density at radius 1 is 1.09 bits per heavy atom. The van der Waals surface area contributed by atoms with Crippen molar-refractivity contribution in [2.75, 3.05) is 13.1 Å². The summed E-state index contributed by atoms with van der Waals surface area (Å²) in [5.41, 5.74) is -1.14. The third-order valence-corrected chi connectivity index (χ3v) is 9.02. The predicted molar refractivity (Wildman–Crippen MR) is 171 cm³/mol. The number of carbonyl (C=O) groups excluding carboxylic acids is 1. The van der Waals surface area contributed by atoms with Gasteiger partial charge >= 0.3 is 5.97 Å². The molecule has 12 nitrogen and oxygen atoms in total. The number of carboxylic acid groups (broad SMARTS) is 1. The van der Waals surface area contributed by atoms with E-state index in [0.717, 1.165) is 24.2 Å². The maximum Gasteiger partial charge on any atom is 0.323 e. The van der Waals surface area contributed by atoms with Gasteiger partial charge in [0.1, 0.15) is 17.4 Å². The lowest BCUT2D eigenvalue weighted by molar-refractivity contribution is -0.138. The fourth-order valence-electron chi connectivity index (χ4n) is 5.09. The SMILES string of the molecule is O=C(NCC(NS(=O)(=O)c1ccccc1)C(=O)O)c1cn(CCc2ccccc2)c2c(F)c(CNC3N=CCCN3)c(F)cc2c1=O. The molecule has 0 bridgehead atoms. The fourth-order valence-corrected chi connectivity index (χ4v) is 6.30. The number of aryl methyl sites for hydroxylation is 2. The molecule has 5 N–H and O–H groups in total. The monoisotopic (exact) mass is 666 g/mol. The number of amides is 1. The number of sulfonamides is 1. The highest BCUT2D eigenvalue weighted by Crippen LogP contribution is 2.24. The van der Waals surface area contributed by atoms with Crippen LogP contribution < -0.4 is 26.1 Å². The second kappa shape index (κ2) is 14.7. The lowest BCUT2D eigenvalue weighted by atomic mass is 10.0. The Morgan fingerprint density at radius 3 is 2.45 bits per heavy atom. The molecule has 2 unspecified atom stereocenters. The van der Waals surface area contributed by atoms with Crippen LogP contribution in [0.2, 0.25) is 0 Å². The molecule has 246 valence electrons. The van der Waals surface area contributed by atoms with Crippen molar-refractivity contribution in [1.82, 2.24) is 25.2 Å². The topological polar surface area (TPSA) is 171 Å². The molecule has 0 saturated heterocycles. The van der Waals surface area contributed by atoms with Gasteiger partial charge in [0, 0.05) is 44.2 Å². The number of benzene rings is 3. The van der Waals surface area contributed by atoms with Crippen LogP contribution in [0.3, 0.4) is 0 Å². The van der Waals surface area contributed by atoms with Crippen LogP contribution in [0, 0.1) is 11.6 Å². The maximum absolute atomic E-state index is 16.1. The van der Waals surface area contributed by atoms with Crippen LogP contribution >= 0.6 is 0 Å². The minimum Gasteiger partial charge on any atom is -0.480 e. The van der Waals surface area contributed by atoms with Gasteiger partial charge < -0.3 is 15.0 Å². The van der Waals surface area contributed by atoms with E-state index in [2.05, 4.69) is 20.9 Å². The molecular formula is C32H32F2N6O6S. The number of carbonyl (C=O) groups is 2.